The third-order valence-corrected chi connectivity index (χ3v) is 5.49. The zero-order chi connectivity index (χ0) is 14.0. The maximum absolute atomic E-state index is 6.60. The van der Waals surface area contributed by atoms with Crippen molar-refractivity contribution >= 4 is 22.9 Å². The Morgan fingerprint density at radius 1 is 1.05 bits per heavy atom. The number of thiophene rings is 1. The van der Waals surface area contributed by atoms with Gasteiger partial charge in [-0.25, -0.2) is 0 Å². The number of alkyl halides is 1. The molecule has 0 saturated heterocycles. The zero-order valence-electron chi connectivity index (χ0n) is 12.0. The van der Waals surface area contributed by atoms with Gasteiger partial charge in [0.2, 0.25) is 0 Å². The van der Waals surface area contributed by atoms with Crippen molar-refractivity contribution in [2.45, 2.75) is 44.9 Å². The molecular formula is C17H21ClS. The first-order valence-corrected chi connectivity index (χ1v) is 8.00. The minimum Gasteiger partial charge on any atom is -0.143 e. The Morgan fingerprint density at radius 2 is 1.68 bits per heavy atom. The lowest BCUT2D eigenvalue weighted by molar-refractivity contribution is 0.604. The molecule has 1 aromatic carbocycles. The van der Waals surface area contributed by atoms with Crippen LogP contribution in [0.25, 0.3) is 0 Å². The first-order valence-electron chi connectivity index (χ1n) is 6.75. The van der Waals surface area contributed by atoms with E-state index in [4.69, 9.17) is 11.6 Å². The van der Waals surface area contributed by atoms with Crippen LogP contribution >= 0.6 is 22.9 Å². The van der Waals surface area contributed by atoms with Crippen molar-refractivity contribution in [3.8, 4) is 0 Å². The molecule has 0 bridgehead atoms. The monoisotopic (exact) mass is 292 g/mol. The van der Waals surface area contributed by atoms with Gasteiger partial charge in [-0.15, -0.1) is 22.9 Å². The standard InChI is InChI=1S/C17H21ClS/c1-5-12-6-8-13(9-7-12)16(18)14-10-11-15(19-14)17(2,3)4/h6-11,16H,5H2,1-4H3. The van der Waals surface area contributed by atoms with Gasteiger partial charge in [-0.1, -0.05) is 52.0 Å². The molecule has 0 aliphatic rings. The number of hydrogen-bond acceptors (Lipinski definition) is 1. The summed E-state index contributed by atoms with van der Waals surface area (Å²) in [5.74, 6) is 0. The Balaban J connectivity index is 2.23. The lowest BCUT2D eigenvalue weighted by atomic mass is 9.95. The van der Waals surface area contributed by atoms with Crippen molar-refractivity contribution in [1.29, 1.82) is 0 Å². The highest BCUT2D eigenvalue weighted by Crippen LogP contribution is 2.37. The van der Waals surface area contributed by atoms with E-state index in [-0.39, 0.29) is 10.8 Å². The van der Waals surface area contributed by atoms with Crippen LogP contribution in [0.1, 0.15) is 54.0 Å². The van der Waals surface area contributed by atoms with Crippen LogP contribution < -0.4 is 0 Å². The average Bonchev–Trinajstić information content (AvgIpc) is 2.87. The maximum Gasteiger partial charge on any atom is 0.0927 e. The number of aryl methyl sites for hydroxylation is 1. The van der Waals surface area contributed by atoms with E-state index >= 15 is 0 Å². The molecule has 0 radical (unpaired) electrons. The fourth-order valence-corrected chi connectivity index (χ4v) is 3.40. The number of halogens is 1. The van der Waals surface area contributed by atoms with E-state index in [9.17, 15) is 0 Å². The van der Waals surface area contributed by atoms with Crippen LogP contribution in [-0.4, -0.2) is 0 Å². The maximum atomic E-state index is 6.60. The quantitative estimate of drug-likeness (QED) is 0.614. The molecule has 0 amide bonds. The van der Waals surface area contributed by atoms with Gasteiger partial charge in [0, 0.05) is 9.75 Å². The highest BCUT2D eigenvalue weighted by atomic mass is 35.5. The predicted molar refractivity (Wildman–Crippen MR) is 86.5 cm³/mol. The van der Waals surface area contributed by atoms with Crippen LogP contribution in [0, 0.1) is 0 Å². The van der Waals surface area contributed by atoms with Crippen molar-refractivity contribution in [2.24, 2.45) is 0 Å². The van der Waals surface area contributed by atoms with Crippen molar-refractivity contribution in [1.82, 2.24) is 0 Å². The molecule has 1 heterocycles. The van der Waals surface area contributed by atoms with Gasteiger partial charge >= 0.3 is 0 Å². The lowest BCUT2D eigenvalue weighted by Gasteiger charge is -2.15. The summed E-state index contributed by atoms with van der Waals surface area (Å²) in [6.07, 6.45) is 1.07. The largest absolute Gasteiger partial charge is 0.143 e. The van der Waals surface area contributed by atoms with Crippen molar-refractivity contribution < 1.29 is 0 Å². The first kappa shape index (κ1) is 14.6. The van der Waals surface area contributed by atoms with Gasteiger partial charge in [0.1, 0.15) is 0 Å². The molecule has 0 fully saturated rings. The molecule has 2 aromatic rings. The highest BCUT2D eigenvalue weighted by molar-refractivity contribution is 7.12. The van der Waals surface area contributed by atoms with E-state index in [1.54, 1.807) is 0 Å². The van der Waals surface area contributed by atoms with Crippen molar-refractivity contribution in [3.63, 3.8) is 0 Å². The van der Waals surface area contributed by atoms with Gasteiger partial charge in [0.25, 0.3) is 0 Å². The molecule has 19 heavy (non-hydrogen) atoms. The second-order valence-electron chi connectivity index (χ2n) is 5.91. The molecule has 1 unspecified atom stereocenters. The van der Waals surface area contributed by atoms with Crippen molar-refractivity contribution in [3.05, 3.63) is 57.3 Å². The third-order valence-electron chi connectivity index (χ3n) is 3.30. The topological polar surface area (TPSA) is 0 Å². The van der Waals surface area contributed by atoms with E-state index in [1.165, 1.54) is 20.9 Å². The Labute approximate surface area is 125 Å². The Kier molecular flexibility index (Phi) is 4.37. The lowest BCUT2D eigenvalue weighted by Crippen LogP contribution is -2.07. The van der Waals surface area contributed by atoms with E-state index in [0.717, 1.165) is 6.42 Å². The second kappa shape index (κ2) is 5.68. The van der Waals surface area contributed by atoms with Gasteiger partial charge in [-0.3, -0.25) is 0 Å². The van der Waals surface area contributed by atoms with Gasteiger partial charge in [-0.2, -0.15) is 0 Å². The van der Waals surface area contributed by atoms with Crippen LogP contribution in [-0.2, 0) is 11.8 Å². The second-order valence-corrected chi connectivity index (χ2v) is 7.46. The van der Waals surface area contributed by atoms with E-state index < -0.39 is 0 Å². The van der Waals surface area contributed by atoms with Crippen LogP contribution in [0.4, 0.5) is 0 Å². The molecule has 0 aliphatic heterocycles. The highest BCUT2D eigenvalue weighted by Gasteiger charge is 2.19. The summed E-state index contributed by atoms with van der Waals surface area (Å²) < 4.78 is 0. The number of rotatable bonds is 3. The van der Waals surface area contributed by atoms with Gasteiger partial charge in [-0.05, 0) is 35.1 Å². The van der Waals surface area contributed by atoms with E-state index in [0.29, 0.717) is 0 Å². The normalized spacial score (nSPS) is 13.5. The molecule has 2 heteroatoms. The third kappa shape index (κ3) is 3.40. The summed E-state index contributed by atoms with van der Waals surface area (Å²) in [5, 5.41) is -0.0352. The summed E-state index contributed by atoms with van der Waals surface area (Å²) >= 11 is 8.42. The summed E-state index contributed by atoms with van der Waals surface area (Å²) in [6, 6.07) is 13.0. The van der Waals surface area contributed by atoms with Gasteiger partial charge in [0.15, 0.2) is 0 Å². The smallest absolute Gasteiger partial charge is 0.0927 e. The van der Waals surface area contributed by atoms with E-state index in [1.807, 2.05) is 11.3 Å². The molecule has 1 atom stereocenters. The van der Waals surface area contributed by atoms with Crippen LogP contribution in [0.15, 0.2) is 36.4 Å². The summed E-state index contributed by atoms with van der Waals surface area (Å²) in [7, 11) is 0. The number of benzene rings is 1. The summed E-state index contributed by atoms with van der Waals surface area (Å²) in [4.78, 5) is 2.62. The zero-order valence-corrected chi connectivity index (χ0v) is 13.6. The Morgan fingerprint density at radius 3 is 2.16 bits per heavy atom. The molecule has 0 saturated carbocycles. The average molecular weight is 293 g/mol. The molecule has 0 aliphatic carbocycles. The molecule has 2 rings (SSSR count). The van der Waals surface area contributed by atoms with Crippen LogP contribution in [0.5, 0.6) is 0 Å². The molecule has 102 valence electrons. The fourth-order valence-electron chi connectivity index (χ4n) is 1.98. The fraction of sp³-hybridized carbons (Fsp3) is 0.412. The molecule has 0 N–H and O–H groups in total. The summed E-state index contributed by atoms with van der Waals surface area (Å²) in [5.41, 5.74) is 2.74. The minimum absolute atomic E-state index is 0.0352. The summed E-state index contributed by atoms with van der Waals surface area (Å²) in [6.45, 7) is 8.88. The minimum atomic E-state index is -0.0352. The van der Waals surface area contributed by atoms with Crippen LogP contribution in [0.3, 0.4) is 0 Å². The van der Waals surface area contributed by atoms with Crippen molar-refractivity contribution in [2.75, 3.05) is 0 Å². The van der Waals surface area contributed by atoms with Gasteiger partial charge in [0.05, 0.1) is 5.38 Å². The number of hydrogen-bond donors (Lipinski definition) is 0. The molecular weight excluding hydrogens is 272 g/mol. The van der Waals surface area contributed by atoms with Crippen LogP contribution in [0.2, 0.25) is 0 Å². The Bertz CT molecular complexity index is 531. The first-order chi connectivity index (χ1) is 8.91. The molecule has 0 nitrogen and oxygen atoms in total. The van der Waals surface area contributed by atoms with Gasteiger partial charge < -0.3 is 0 Å². The molecule has 0 spiro atoms. The molecule has 1 aromatic heterocycles. The predicted octanol–water partition coefficient (Wildman–Crippen LogP) is 5.94. The Hall–Kier alpha value is -0.790. The van der Waals surface area contributed by atoms with E-state index in [2.05, 4.69) is 64.1 Å². The SMILES string of the molecule is CCc1ccc(C(Cl)c2ccc(C(C)(C)C)s2)cc1.